The number of fused-ring (bicyclic) bond motifs is 1. The molecule has 0 unspecified atom stereocenters. The van der Waals surface area contributed by atoms with E-state index in [0.717, 1.165) is 12.5 Å². The van der Waals surface area contributed by atoms with Crippen LogP contribution in [0.1, 0.15) is 58.3 Å². The van der Waals surface area contributed by atoms with Gasteiger partial charge in [-0.2, -0.15) is 0 Å². The number of anilines is 1. The molecule has 1 aromatic carbocycles. The summed E-state index contributed by atoms with van der Waals surface area (Å²) in [5.74, 6) is -2.55. The highest BCUT2D eigenvalue weighted by molar-refractivity contribution is 6.44. The molecule has 34 heavy (non-hydrogen) atoms. The van der Waals surface area contributed by atoms with Crippen LogP contribution in [0.5, 0.6) is 0 Å². The lowest BCUT2D eigenvalue weighted by molar-refractivity contribution is -0.117. The lowest BCUT2D eigenvalue weighted by Crippen LogP contribution is -2.46. The van der Waals surface area contributed by atoms with Crippen LogP contribution < -0.4 is 10.6 Å². The summed E-state index contributed by atoms with van der Waals surface area (Å²) in [7, 11) is 0. The van der Waals surface area contributed by atoms with Crippen molar-refractivity contribution in [3.63, 3.8) is 0 Å². The van der Waals surface area contributed by atoms with Crippen LogP contribution in [-0.2, 0) is 22.5 Å². The van der Waals surface area contributed by atoms with E-state index in [1.165, 1.54) is 12.1 Å². The lowest BCUT2D eigenvalue weighted by Gasteiger charge is -2.18. The minimum Gasteiger partial charge on any atom is -0.446 e. The first-order valence-electron chi connectivity index (χ1n) is 10.8. The minimum atomic E-state index is -1.01. The van der Waals surface area contributed by atoms with Gasteiger partial charge in [0.2, 0.25) is 5.90 Å². The van der Waals surface area contributed by atoms with Gasteiger partial charge in [-0.05, 0) is 63.3 Å². The first-order chi connectivity index (χ1) is 16.0. The number of nitrogens with one attached hydrogen (secondary N) is 3. The summed E-state index contributed by atoms with van der Waals surface area (Å²) in [5, 5.41) is 13.3. The third-order valence-electron chi connectivity index (χ3n) is 6.05. The topological polar surface area (TPSA) is 113 Å². The number of carbonyl (C=O) groups excluding carboxylic acids is 3. The zero-order valence-electron chi connectivity index (χ0n) is 18.8. The average molecular weight is 487 g/mol. The summed E-state index contributed by atoms with van der Waals surface area (Å²) in [6.45, 7) is 7.34. The normalized spacial score (nSPS) is 15.3. The minimum absolute atomic E-state index is 0.127. The van der Waals surface area contributed by atoms with Gasteiger partial charge in [-0.3, -0.25) is 19.8 Å². The highest BCUT2D eigenvalue weighted by Gasteiger charge is 2.51. The van der Waals surface area contributed by atoms with E-state index in [0.29, 0.717) is 48.5 Å². The van der Waals surface area contributed by atoms with Crippen LogP contribution >= 0.6 is 11.6 Å². The van der Waals surface area contributed by atoms with Crippen molar-refractivity contribution in [1.82, 2.24) is 9.88 Å². The standard InChI is InChI=1S/C24H24ClFN4O4/c1-12(2)34-23(27)24(8-9-24)29-22(33)20(31)18-13(3)19(30-10-4-5-17(18)30)21(32)28-14-6-7-16(26)15(25)11-14/h6-7,11,27H,1,4-5,8-10H2,2-3H3,(H,28,32)(H,29,33). The summed E-state index contributed by atoms with van der Waals surface area (Å²) in [6.07, 6.45) is 2.24. The van der Waals surface area contributed by atoms with E-state index >= 15 is 0 Å². The quantitative estimate of drug-likeness (QED) is 0.179. The smallest absolute Gasteiger partial charge is 0.293 e. The fourth-order valence-corrected chi connectivity index (χ4v) is 4.45. The van der Waals surface area contributed by atoms with E-state index in [1.807, 2.05) is 0 Å². The molecule has 178 valence electrons. The molecule has 0 spiro atoms. The van der Waals surface area contributed by atoms with Crippen molar-refractivity contribution >= 4 is 40.8 Å². The SMILES string of the molecule is C=C(C)OC(=N)C1(NC(=O)C(=O)c2c(C)c(C(=O)Nc3ccc(F)c(Cl)c3)n3c2CCC3)CC1. The van der Waals surface area contributed by atoms with Crippen LogP contribution in [0.3, 0.4) is 0 Å². The maximum Gasteiger partial charge on any atom is 0.293 e. The third-order valence-corrected chi connectivity index (χ3v) is 6.34. The van der Waals surface area contributed by atoms with Crippen molar-refractivity contribution in [1.29, 1.82) is 5.41 Å². The molecule has 1 fully saturated rings. The number of nitrogens with zero attached hydrogens (tertiary/aromatic N) is 1. The van der Waals surface area contributed by atoms with Crippen molar-refractivity contribution in [2.24, 2.45) is 0 Å². The Morgan fingerprint density at radius 2 is 2.00 bits per heavy atom. The zero-order chi connectivity index (χ0) is 24.8. The number of ketones is 1. The number of amides is 2. The molecule has 0 bridgehead atoms. The van der Waals surface area contributed by atoms with Crippen LogP contribution in [0.2, 0.25) is 5.02 Å². The highest BCUT2D eigenvalue weighted by Crippen LogP contribution is 2.38. The lowest BCUT2D eigenvalue weighted by atomic mass is 10.0. The third kappa shape index (κ3) is 4.23. The molecule has 2 amide bonds. The van der Waals surface area contributed by atoms with E-state index in [9.17, 15) is 18.8 Å². The Morgan fingerprint density at radius 3 is 2.62 bits per heavy atom. The molecule has 0 atom stereocenters. The fourth-order valence-electron chi connectivity index (χ4n) is 4.27. The van der Waals surface area contributed by atoms with E-state index in [1.54, 1.807) is 18.4 Å². The first-order valence-corrected chi connectivity index (χ1v) is 11.2. The number of hydrogen-bond donors (Lipinski definition) is 3. The Hall–Kier alpha value is -3.46. The number of benzene rings is 1. The summed E-state index contributed by atoms with van der Waals surface area (Å²) < 4.78 is 20.4. The van der Waals surface area contributed by atoms with Gasteiger partial charge in [-0.15, -0.1) is 0 Å². The van der Waals surface area contributed by atoms with Crippen molar-refractivity contribution < 1.29 is 23.5 Å². The summed E-state index contributed by atoms with van der Waals surface area (Å²) in [5.41, 5.74) is 0.771. The molecule has 1 saturated carbocycles. The van der Waals surface area contributed by atoms with Gasteiger partial charge in [0, 0.05) is 17.9 Å². The predicted molar refractivity (Wildman–Crippen MR) is 125 cm³/mol. The molecule has 0 saturated heterocycles. The van der Waals surface area contributed by atoms with Crippen LogP contribution in [0, 0.1) is 18.2 Å². The van der Waals surface area contributed by atoms with Crippen LogP contribution in [-0.4, -0.2) is 33.6 Å². The molecule has 2 aliphatic rings. The number of ether oxygens (including phenoxy) is 1. The second-order valence-electron chi connectivity index (χ2n) is 8.63. The van der Waals surface area contributed by atoms with Crippen LogP contribution in [0.15, 0.2) is 30.5 Å². The molecular formula is C24H24ClFN4O4. The van der Waals surface area contributed by atoms with Crippen molar-refractivity contribution in [3.05, 3.63) is 63.9 Å². The zero-order valence-corrected chi connectivity index (χ0v) is 19.6. The molecule has 1 aliphatic heterocycles. The molecule has 8 nitrogen and oxygen atoms in total. The van der Waals surface area contributed by atoms with Gasteiger partial charge in [0.15, 0.2) is 0 Å². The van der Waals surface area contributed by atoms with Crippen molar-refractivity contribution in [2.45, 2.75) is 51.6 Å². The summed E-state index contributed by atoms with van der Waals surface area (Å²) in [6, 6.07) is 3.84. The van der Waals surface area contributed by atoms with Gasteiger partial charge < -0.3 is 19.9 Å². The number of aromatic nitrogens is 1. The Bertz CT molecular complexity index is 1260. The number of rotatable bonds is 7. The Kier molecular flexibility index (Phi) is 6.07. The first kappa shape index (κ1) is 23.7. The molecule has 0 radical (unpaired) electrons. The maximum atomic E-state index is 13.5. The van der Waals surface area contributed by atoms with E-state index in [2.05, 4.69) is 17.2 Å². The van der Waals surface area contributed by atoms with E-state index in [4.69, 9.17) is 21.7 Å². The molecule has 1 aliphatic carbocycles. The van der Waals surface area contributed by atoms with E-state index in [-0.39, 0.29) is 22.2 Å². The Labute approximate surface area is 200 Å². The number of carbonyl (C=O) groups is 3. The molecule has 4 rings (SSSR count). The second-order valence-corrected chi connectivity index (χ2v) is 9.04. The number of hydrogen-bond acceptors (Lipinski definition) is 5. The van der Waals surface area contributed by atoms with Crippen LogP contribution in [0.4, 0.5) is 10.1 Å². The van der Waals surface area contributed by atoms with Crippen molar-refractivity contribution in [2.75, 3.05) is 5.32 Å². The average Bonchev–Trinajstić information content (AvgIpc) is 3.30. The van der Waals surface area contributed by atoms with Gasteiger partial charge in [-0.1, -0.05) is 18.2 Å². The molecule has 10 heteroatoms. The predicted octanol–water partition coefficient (Wildman–Crippen LogP) is 4.15. The van der Waals surface area contributed by atoms with Gasteiger partial charge in [0.05, 0.1) is 16.3 Å². The van der Waals surface area contributed by atoms with Gasteiger partial charge in [-0.25, -0.2) is 4.39 Å². The molecule has 2 heterocycles. The number of allylic oxidation sites excluding steroid dienone is 1. The summed E-state index contributed by atoms with van der Waals surface area (Å²) >= 11 is 5.81. The number of halogens is 2. The molecular weight excluding hydrogens is 463 g/mol. The van der Waals surface area contributed by atoms with E-state index < -0.39 is 29.0 Å². The van der Waals surface area contributed by atoms with Gasteiger partial charge in [0.1, 0.15) is 17.1 Å². The monoisotopic (exact) mass is 486 g/mol. The fraction of sp³-hybridized carbons (Fsp3) is 0.333. The Morgan fingerprint density at radius 1 is 1.29 bits per heavy atom. The van der Waals surface area contributed by atoms with Gasteiger partial charge in [0.25, 0.3) is 17.6 Å². The Balaban J connectivity index is 1.59. The van der Waals surface area contributed by atoms with Crippen LogP contribution in [0.25, 0.3) is 0 Å². The highest BCUT2D eigenvalue weighted by atomic mass is 35.5. The number of Topliss-reactive ketones (excluding diaryl/α,β-unsaturated/α-hetero) is 1. The second kappa shape index (κ2) is 8.72. The largest absolute Gasteiger partial charge is 0.446 e. The molecule has 2 aromatic rings. The summed E-state index contributed by atoms with van der Waals surface area (Å²) in [4.78, 5) is 39.2. The molecule has 1 aromatic heterocycles. The van der Waals surface area contributed by atoms with Crippen molar-refractivity contribution in [3.8, 4) is 0 Å². The van der Waals surface area contributed by atoms with Gasteiger partial charge >= 0.3 is 0 Å². The molecule has 3 N–H and O–H groups in total. The maximum absolute atomic E-state index is 13.5.